The van der Waals surface area contributed by atoms with E-state index in [0.29, 0.717) is 5.92 Å². The molecule has 0 amide bonds. The van der Waals surface area contributed by atoms with Gasteiger partial charge in [-0.15, -0.1) is 69.1 Å². The number of halogens is 2. The Morgan fingerprint density at radius 1 is 0.760 bits per heavy atom. The second-order valence-corrected chi connectivity index (χ2v) is 19.5. The number of fused-ring (bicyclic) bond motifs is 2. The second-order valence-electron chi connectivity index (χ2n) is 14.7. The van der Waals surface area contributed by atoms with E-state index in [-0.39, 0.29) is 5.41 Å². The van der Waals surface area contributed by atoms with E-state index < -0.39 is 20.8 Å². The molecule has 7 rings (SSSR count). The van der Waals surface area contributed by atoms with Gasteiger partial charge in [-0.25, -0.2) is 0 Å². The predicted molar refractivity (Wildman–Crippen MR) is 222 cm³/mol. The maximum atomic E-state index is 4.93. The van der Waals surface area contributed by atoms with Crippen LogP contribution in [0.25, 0.3) is 43.8 Å². The van der Waals surface area contributed by atoms with Crippen molar-refractivity contribution >= 4 is 48.1 Å². The summed E-state index contributed by atoms with van der Waals surface area (Å²) in [6, 6.07) is 41.0. The fraction of sp³-hybridized carbons (Fsp3) is 0.348. The van der Waals surface area contributed by atoms with Gasteiger partial charge < -0.3 is 0 Å². The molecule has 50 heavy (non-hydrogen) atoms. The summed E-state index contributed by atoms with van der Waals surface area (Å²) in [4.78, 5) is 0. The minimum atomic E-state index is -0.826. The van der Waals surface area contributed by atoms with Crippen molar-refractivity contribution in [2.45, 2.75) is 104 Å². The van der Waals surface area contributed by atoms with E-state index in [1.54, 1.807) is 5.56 Å². The van der Waals surface area contributed by atoms with E-state index in [1.165, 1.54) is 92.6 Å². The van der Waals surface area contributed by atoms with Crippen molar-refractivity contribution in [3.63, 3.8) is 0 Å². The molecule has 0 aromatic heterocycles. The first-order chi connectivity index (χ1) is 24.0. The first-order valence-electron chi connectivity index (χ1n) is 18.2. The number of hydrogen-bond donors (Lipinski definition) is 0. The first-order valence-corrected chi connectivity index (χ1v) is 26.5. The van der Waals surface area contributed by atoms with Gasteiger partial charge in [0.15, 0.2) is 0 Å². The Balaban J connectivity index is 0.000000197. The summed E-state index contributed by atoms with van der Waals surface area (Å²) >= 11 is -0.826. The molecule has 6 aromatic rings. The molecule has 0 aliphatic heterocycles. The van der Waals surface area contributed by atoms with Crippen LogP contribution in [-0.2, 0) is 26.3 Å². The van der Waals surface area contributed by atoms with E-state index in [4.69, 9.17) is 17.0 Å². The van der Waals surface area contributed by atoms with Crippen molar-refractivity contribution in [2.75, 3.05) is 0 Å². The molecule has 1 fully saturated rings. The van der Waals surface area contributed by atoms with Gasteiger partial charge in [0.05, 0.1) is 0 Å². The van der Waals surface area contributed by atoms with Crippen LogP contribution in [0.4, 0.5) is 0 Å². The van der Waals surface area contributed by atoms with Crippen LogP contribution in [0.2, 0.25) is 13.1 Å². The van der Waals surface area contributed by atoms with Gasteiger partial charge in [-0.05, 0) is 58.8 Å². The summed E-state index contributed by atoms with van der Waals surface area (Å²) in [6.07, 6.45) is 6.72. The zero-order valence-electron chi connectivity index (χ0n) is 31.3. The van der Waals surface area contributed by atoms with Crippen molar-refractivity contribution in [3.8, 4) is 22.3 Å². The number of hydrogen-bond acceptors (Lipinski definition) is 0. The van der Waals surface area contributed by atoms with E-state index in [0.717, 1.165) is 15.4 Å². The number of benzene rings is 4. The van der Waals surface area contributed by atoms with Crippen molar-refractivity contribution < 1.29 is 20.8 Å². The Morgan fingerprint density at radius 2 is 1.24 bits per heavy atom. The average molecular weight is 797 g/mol. The van der Waals surface area contributed by atoms with Crippen LogP contribution in [0.1, 0.15) is 101 Å². The summed E-state index contributed by atoms with van der Waals surface area (Å²) in [7, 11) is 11.0. The monoisotopic (exact) mass is 794 g/mol. The van der Waals surface area contributed by atoms with E-state index in [1.807, 2.05) is 0 Å². The molecule has 2 radical (unpaired) electrons. The van der Waals surface area contributed by atoms with Crippen LogP contribution >= 0.6 is 17.0 Å². The van der Waals surface area contributed by atoms with Crippen molar-refractivity contribution in [2.24, 2.45) is 0 Å². The van der Waals surface area contributed by atoms with Gasteiger partial charge in [-0.1, -0.05) is 139 Å². The SMILES string of the molecule is CC(C)(C)c1ccc(-c2cccc3[cH-]c(C4CCCC4)cc23)cc1.CCC(C)c1ccc(-c2cccc3[cH-]c(C)cc23)cc1.C[Si]C.[Cl][Zr+2][Cl]. The minimum absolute atomic E-state index is 0.209. The summed E-state index contributed by atoms with van der Waals surface area (Å²) in [5, 5.41) is 5.52. The molecule has 6 aromatic carbocycles. The Kier molecular flexibility index (Phi) is 15.9. The van der Waals surface area contributed by atoms with Crippen molar-refractivity contribution in [1.29, 1.82) is 0 Å². The topological polar surface area (TPSA) is 0 Å². The quantitative estimate of drug-likeness (QED) is 0.120. The zero-order chi connectivity index (χ0) is 36.3. The Labute approximate surface area is 324 Å². The molecule has 0 bridgehead atoms. The molecule has 1 saturated carbocycles. The maximum absolute atomic E-state index is 4.93. The van der Waals surface area contributed by atoms with Gasteiger partial charge in [0.1, 0.15) is 0 Å². The van der Waals surface area contributed by atoms with Crippen LogP contribution < -0.4 is 0 Å². The van der Waals surface area contributed by atoms with E-state index in [9.17, 15) is 0 Å². The molecule has 0 nitrogen and oxygen atoms in total. The third-order valence-corrected chi connectivity index (χ3v) is 9.96. The van der Waals surface area contributed by atoms with Crippen LogP contribution in [0.3, 0.4) is 0 Å². The summed E-state index contributed by atoms with van der Waals surface area (Å²) in [6.45, 7) is 17.8. The molecular weight excluding hydrogens is 743 g/mol. The molecule has 1 unspecified atom stereocenters. The van der Waals surface area contributed by atoms with Gasteiger partial charge in [0.25, 0.3) is 0 Å². The molecular formula is C46H54Cl2SiZr. The molecule has 0 heterocycles. The summed E-state index contributed by atoms with van der Waals surface area (Å²) < 4.78 is 0. The molecule has 4 heteroatoms. The van der Waals surface area contributed by atoms with E-state index in [2.05, 4.69) is 164 Å². The third-order valence-electron chi connectivity index (χ3n) is 9.96. The fourth-order valence-corrected chi connectivity index (χ4v) is 7.02. The third kappa shape index (κ3) is 10.7. The Hall–Kier alpha value is -2.22. The first kappa shape index (κ1) is 40.5. The molecule has 0 N–H and O–H groups in total. The molecule has 1 aliphatic rings. The molecule has 1 aliphatic carbocycles. The second kappa shape index (κ2) is 19.6. The summed E-state index contributed by atoms with van der Waals surface area (Å²) in [5.41, 5.74) is 11.3. The normalized spacial score (nSPS) is 13.4. The van der Waals surface area contributed by atoms with E-state index >= 15 is 0 Å². The van der Waals surface area contributed by atoms with Gasteiger partial charge in [-0.3, -0.25) is 0 Å². The number of rotatable bonds is 5. The van der Waals surface area contributed by atoms with Gasteiger partial charge in [0.2, 0.25) is 0 Å². The van der Waals surface area contributed by atoms with Gasteiger partial charge in [0, 0.05) is 9.52 Å². The molecule has 1 atom stereocenters. The molecule has 0 spiro atoms. The molecule has 0 saturated heterocycles. The molecule has 260 valence electrons. The summed E-state index contributed by atoms with van der Waals surface area (Å²) in [5.74, 6) is 1.43. The van der Waals surface area contributed by atoms with Crippen molar-refractivity contribution in [3.05, 3.63) is 131 Å². The predicted octanol–water partition coefficient (Wildman–Crippen LogP) is 15.4. The average Bonchev–Trinajstić information content (AvgIpc) is 3.88. The zero-order valence-corrected chi connectivity index (χ0v) is 36.3. The number of aryl methyl sites for hydroxylation is 1. The standard InChI is InChI=1S/C24H27.C20H21.C2H6Si.2ClH.Zr/c1-24(2,3)21-13-11-18(12-14-21)22-10-6-9-19-15-20(16-23(19)22)17-7-4-5-8-17;1-4-15(3)16-8-10-17(11-9-16)19-7-5-6-18-12-14(2)13-20(18)19;1-3-2;;;/h6,9-17H,4-5,7-8H2,1-3H3;5-13,15H,4H2,1-3H3;1-2H3;2*1H;/q2*-1;;;;+4/p-2. The van der Waals surface area contributed by atoms with Gasteiger partial charge in [-0.2, -0.15) is 12.1 Å². The van der Waals surface area contributed by atoms with Crippen LogP contribution in [-0.4, -0.2) is 9.52 Å². The van der Waals surface area contributed by atoms with Crippen LogP contribution in [0.15, 0.2) is 109 Å². The fourth-order valence-electron chi connectivity index (χ4n) is 7.02. The van der Waals surface area contributed by atoms with Crippen molar-refractivity contribution in [1.82, 2.24) is 0 Å². The van der Waals surface area contributed by atoms with Crippen LogP contribution in [0.5, 0.6) is 0 Å². The van der Waals surface area contributed by atoms with Gasteiger partial charge >= 0.3 is 37.9 Å². The Morgan fingerprint density at radius 3 is 1.74 bits per heavy atom. The Bertz CT molecular complexity index is 1880. The van der Waals surface area contributed by atoms with Crippen LogP contribution in [0, 0.1) is 6.92 Å².